The van der Waals surface area contributed by atoms with Crippen molar-refractivity contribution in [3.63, 3.8) is 0 Å². The van der Waals surface area contributed by atoms with Gasteiger partial charge in [0.2, 0.25) is 17.7 Å². The molecule has 17 atom stereocenters. The van der Waals surface area contributed by atoms with Crippen molar-refractivity contribution in [1.29, 1.82) is 0 Å². The first-order valence-electron chi connectivity index (χ1n) is 25.8. The van der Waals surface area contributed by atoms with Crippen LogP contribution in [0.5, 0.6) is 0 Å². The summed E-state index contributed by atoms with van der Waals surface area (Å²) >= 11 is 0. The Balaban J connectivity index is 1.11. The third kappa shape index (κ3) is 13.7. The second kappa shape index (κ2) is 26.0. The molecule has 5 aliphatic rings. The van der Waals surface area contributed by atoms with Crippen molar-refractivity contribution in [1.82, 2.24) is 35.8 Å². The maximum atomic E-state index is 14.3. The normalized spacial score (nSPS) is 34.9. The van der Waals surface area contributed by atoms with Crippen molar-refractivity contribution in [2.24, 2.45) is 5.92 Å². The van der Waals surface area contributed by atoms with Crippen LogP contribution in [0.25, 0.3) is 11.3 Å². The number of nitrogens with zero attached hydrogens (tertiary/aromatic N) is 4. The van der Waals surface area contributed by atoms with Gasteiger partial charge in [0.05, 0.1) is 70.2 Å². The van der Waals surface area contributed by atoms with Crippen LogP contribution in [0.3, 0.4) is 0 Å². The van der Waals surface area contributed by atoms with Crippen molar-refractivity contribution in [2.45, 2.75) is 169 Å². The zero-order chi connectivity index (χ0) is 55.1. The summed E-state index contributed by atoms with van der Waals surface area (Å²) < 4.78 is 58.5. The molecule has 7 rings (SSSR count). The van der Waals surface area contributed by atoms with E-state index in [2.05, 4.69) is 26.3 Å². The van der Waals surface area contributed by atoms with Gasteiger partial charge in [0.25, 0.3) is 5.91 Å². The molecule has 11 N–H and O–H groups in total. The van der Waals surface area contributed by atoms with Gasteiger partial charge in [-0.25, -0.2) is 9.07 Å². The van der Waals surface area contributed by atoms with Crippen molar-refractivity contribution < 1.29 is 97.6 Å². The number of benzene rings is 1. The Morgan fingerprint density at radius 2 is 1.68 bits per heavy atom. The highest BCUT2D eigenvalue weighted by atomic mass is 19.1. The van der Waals surface area contributed by atoms with Crippen LogP contribution in [0.15, 0.2) is 30.5 Å². The largest absolute Gasteiger partial charge is 0.394 e. The van der Waals surface area contributed by atoms with Crippen molar-refractivity contribution in [2.75, 3.05) is 59.3 Å². The Kier molecular flexibility index (Phi) is 20.3. The topological polar surface area (TPSA) is 365 Å². The summed E-state index contributed by atoms with van der Waals surface area (Å²) in [6.07, 6.45) is -14.3. The zero-order valence-corrected chi connectivity index (χ0v) is 43.0. The van der Waals surface area contributed by atoms with Gasteiger partial charge in [-0.05, 0) is 44.7 Å². The van der Waals surface area contributed by atoms with Crippen molar-refractivity contribution in [3.8, 4) is 11.3 Å². The maximum absolute atomic E-state index is 14.3. The molecular weight excluding hydrogens is 1010 g/mol. The Bertz CT molecular complexity index is 2260. The van der Waals surface area contributed by atoms with Gasteiger partial charge in [-0.1, -0.05) is 30.7 Å². The summed E-state index contributed by atoms with van der Waals surface area (Å²) in [5.74, 6) is -3.51. The molecule has 5 fully saturated rings. The summed E-state index contributed by atoms with van der Waals surface area (Å²) in [7, 11) is 0. The molecule has 27 heteroatoms. The lowest BCUT2D eigenvalue weighted by Crippen LogP contribution is -2.67. The fourth-order valence-electron chi connectivity index (χ4n) is 10.5. The van der Waals surface area contributed by atoms with E-state index in [4.69, 9.17) is 33.2 Å². The number of aromatic nitrogens is 3. The van der Waals surface area contributed by atoms with Crippen LogP contribution in [0, 0.1) is 11.7 Å². The summed E-state index contributed by atoms with van der Waals surface area (Å²) in [6, 6.07) is 1.97. The third-order valence-corrected chi connectivity index (χ3v) is 14.7. The van der Waals surface area contributed by atoms with Gasteiger partial charge >= 0.3 is 0 Å². The SMILES string of the molecule is CCC[C@H](OC1CC(CO)(CO)O[C@@H](O[C@@H]2CC(C(=O)NCCOCC3(O)COC(CO)[C@@H](O)C3n3cc(-c4cccc(F)c4)nn3)CC(NC(C)=O)C2O[C@@H]2OC(C)[C@@H](O)C(O)C2O)C1NC(C)=O)C(=O)N1CCC1. The molecule has 4 aliphatic heterocycles. The number of ether oxygens (including phenoxy) is 7. The minimum atomic E-state index is -1.97. The van der Waals surface area contributed by atoms with E-state index < -0.39 is 165 Å². The predicted molar refractivity (Wildman–Crippen MR) is 257 cm³/mol. The molecule has 1 aliphatic carbocycles. The van der Waals surface area contributed by atoms with E-state index in [1.54, 1.807) is 11.0 Å². The highest BCUT2D eigenvalue weighted by Gasteiger charge is 2.55. The molecule has 11 unspecified atom stereocenters. The van der Waals surface area contributed by atoms with Gasteiger partial charge in [-0.2, -0.15) is 0 Å². The molecule has 1 aromatic heterocycles. The second-order valence-corrected chi connectivity index (χ2v) is 20.5. The average molecular weight is 1080 g/mol. The molecule has 0 radical (unpaired) electrons. The number of carbonyl (C=O) groups is 4. The highest BCUT2D eigenvalue weighted by Crippen LogP contribution is 2.39. The highest BCUT2D eigenvalue weighted by molar-refractivity contribution is 5.81. The fraction of sp³-hybridized carbons (Fsp3) is 0.755. The van der Waals surface area contributed by atoms with Crippen molar-refractivity contribution >= 4 is 23.6 Å². The van der Waals surface area contributed by atoms with E-state index in [1.165, 1.54) is 49.8 Å². The molecule has 0 spiro atoms. The number of amides is 4. The molecule has 1 saturated carbocycles. The van der Waals surface area contributed by atoms with Gasteiger partial charge in [0.15, 0.2) is 12.6 Å². The molecular formula is C49H74FN7O19. The minimum Gasteiger partial charge on any atom is -0.394 e. The standard InChI is InChI=1S/C49H74FN7O19/c1-5-8-33(45(68)56-12-7-13-56)73-35-18-48(21-59,22-60)76-46(37(35)53-27(4)62)74-34-17-29(16-31(52-26(3)61)42(34)75-47-41(66)40(65)38(63)25(2)72-47)44(67)51-11-14-70-23-49(69)24-71-36(20-58)39(64)43(49)57-19-32(54-55-57)28-9-6-10-30(50)15-28/h6,9-10,15,19,25,29,31,33-43,46-47,58-60,63-66,69H,5,7-8,11-14,16-18,20-24H2,1-4H3,(H,51,67)(H,52,61)(H,53,62)/t25?,29?,31?,33-,34+,35?,36?,37?,38+,39+,40?,41?,42?,43?,46+,47-,49?/m0/s1. The van der Waals surface area contributed by atoms with Crippen LogP contribution in [0.2, 0.25) is 0 Å². The second-order valence-electron chi connectivity index (χ2n) is 20.5. The quantitative estimate of drug-likeness (QED) is 0.0510. The lowest BCUT2D eigenvalue weighted by Gasteiger charge is -2.50. The molecule has 1 aromatic carbocycles. The predicted octanol–water partition coefficient (Wildman–Crippen LogP) is -3.49. The Hall–Kier alpha value is -4.43. The van der Waals surface area contributed by atoms with E-state index in [1.807, 2.05) is 6.92 Å². The number of rotatable bonds is 22. The third-order valence-electron chi connectivity index (χ3n) is 14.7. The number of nitrogens with one attached hydrogen (secondary N) is 3. The van der Waals surface area contributed by atoms with Crippen LogP contribution in [-0.2, 0) is 52.3 Å². The number of carbonyl (C=O) groups excluding carboxylic acids is 4. The molecule has 0 bridgehead atoms. The van der Waals surface area contributed by atoms with E-state index in [-0.39, 0.29) is 44.0 Å². The van der Waals surface area contributed by atoms with Gasteiger partial charge in [0, 0.05) is 51.4 Å². The van der Waals surface area contributed by atoms with E-state index >= 15 is 0 Å². The van der Waals surface area contributed by atoms with Crippen LogP contribution in [-0.4, -0.2) is 241 Å². The summed E-state index contributed by atoms with van der Waals surface area (Å²) in [4.78, 5) is 55.5. The first-order chi connectivity index (χ1) is 36.2. The first-order valence-corrected chi connectivity index (χ1v) is 25.8. The summed E-state index contributed by atoms with van der Waals surface area (Å²) in [5.41, 5.74) is -3.12. The van der Waals surface area contributed by atoms with Crippen LogP contribution >= 0.6 is 0 Å². The summed E-state index contributed by atoms with van der Waals surface area (Å²) in [5, 5.41) is 104. The molecule has 4 saturated heterocycles. The number of likely N-dealkylation sites (tertiary alicyclic amines) is 1. The van der Waals surface area contributed by atoms with Crippen LogP contribution < -0.4 is 16.0 Å². The van der Waals surface area contributed by atoms with Crippen LogP contribution in [0.1, 0.15) is 72.3 Å². The smallest absolute Gasteiger partial charge is 0.251 e. The Morgan fingerprint density at radius 3 is 2.33 bits per heavy atom. The van der Waals surface area contributed by atoms with Crippen molar-refractivity contribution in [3.05, 3.63) is 36.3 Å². The monoisotopic (exact) mass is 1080 g/mol. The minimum absolute atomic E-state index is 0.112. The van der Waals surface area contributed by atoms with Gasteiger partial charge in [0.1, 0.15) is 77.5 Å². The van der Waals surface area contributed by atoms with Crippen LogP contribution in [0.4, 0.5) is 4.39 Å². The first kappa shape index (κ1) is 59.2. The zero-order valence-electron chi connectivity index (χ0n) is 43.0. The molecule has 76 heavy (non-hydrogen) atoms. The lowest BCUT2D eigenvalue weighted by atomic mass is 9.80. The molecule has 26 nitrogen and oxygen atoms in total. The van der Waals surface area contributed by atoms with E-state index in [0.717, 1.165) is 6.42 Å². The maximum Gasteiger partial charge on any atom is 0.251 e. The number of aliphatic hydroxyl groups excluding tert-OH is 7. The van der Waals surface area contributed by atoms with E-state index in [9.17, 15) is 64.4 Å². The van der Waals surface area contributed by atoms with Gasteiger partial charge < -0.3 is 94.9 Å². The van der Waals surface area contributed by atoms with Gasteiger partial charge in [-0.3, -0.25) is 19.2 Å². The molecule has 4 amide bonds. The molecule has 2 aromatic rings. The number of hydrogen-bond donors (Lipinski definition) is 11. The summed E-state index contributed by atoms with van der Waals surface area (Å²) in [6.45, 7) is 3.44. The average Bonchev–Trinajstić information content (AvgIpc) is 3.85. The number of halogens is 1. The lowest BCUT2D eigenvalue weighted by molar-refractivity contribution is -0.339. The number of aliphatic hydroxyl groups is 8. The van der Waals surface area contributed by atoms with Gasteiger partial charge in [-0.15, -0.1) is 5.10 Å². The number of hydrogen-bond acceptors (Lipinski definition) is 21. The Morgan fingerprint density at radius 1 is 0.947 bits per heavy atom. The fourth-order valence-corrected chi connectivity index (χ4v) is 10.5. The molecule has 5 heterocycles. The van der Waals surface area contributed by atoms with E-state index in [0.29, 0.717) is 31.5 Å². The molecule has 426 valence electrons. The Labute approximate surface area is 438 Å².